The van der Waals surface area contributed by atoms with E-state index in [9.17, 15) is 0 Å². The van der Waals surface area contributed by atoms with Crippen molar-refractivity contribution in [2.75, 3.05) is 19.8 Å². The minimum atomic E-state index is 0.0812. The predicted octanol–water partition coefficient (Wildman–Crippen LogP) is 0.897. The van der Waals surface area contributed by atoms with Gasteiger partial charge in [-0.05, 0) is 20.8 Å². The quantitative estimate of drug-likeness (QED) is 0.463. The summed E-state index contributed by atoms with van der Waals surface area (Å²) in [6, 6.07) is 0. The molecule has 1 unspecified atom stereocenters. The van der Waals surface area contributed by atoms with Crippen LogP contribution in [0.15, 0.2) is 11.6 Å². The van der Waals surface area contributed by atoms with E-state index in [1.807, 2.05) is 26.8 Å². The van der Waals surface area contributed by atoms with Gasteiger partial charge in [-0.25, -0.2) is 0 Å². The van der Waals surface area contributed by atoms with Crippen LogP contribution in [-0.4, -0.2) is 31.1 Å². The van der Waals surface area contributed by atoms with Crippen molar-refractivity contribution in [2.24, 2.45) is 0 Å². The molecular weight excluding hydrogens is 154 g/mol. The van der Waals surface area contributed by atoms with E-state index in [-0.39, 0.29) is 12.8 Å². The third-order valence-electron chi connectivity index (χ3n) is 1.52. The Hall–Kier alpha value is -0.380. The summed E-state index contributed by atoms with van der Waals surface area (Å²) in [6.07, 6.45) is 2.04. The number of hydrogen-bond acceptors (Lipinski definition) is 3. The number of nitrogens with one attached hydrogen (secondary N) is 1. The zero-order chi connectivity index (χ0) is 9.40. The molecule has 0 radical (unpaired) electrons. The van der Waals surface area contributed by atoms with Crippen LogP contribution in [0.1, 0.15) is 20.8 Å². The van der Waals surface area contributed by atoms with Crippen LogP contribution in [0.2, 0.25) is 0 Å². The topological polar surface area (TPSA) is 41.5 Å². The lowest BCUT2D eigenvalue weighted by Crippen LogP contribution is -2.28. The molecule has 0 aromatic rings. The Morgan fingerprint density at radius 2 is 2.33 bits per heavy atom. The first-order valence-corrected chi connectivity index (χ1v) is 4.32. The molecule has 0 aliphatic rings. The molecule has 0 fully saturated rings. The molecule has 72 valence electrons. The van der Waals surface area contributed by atoms with E-state index < -0.39 is 0 Å². The van der Waals surface area contributed by atoms with Gasteiger partial charge >= 0.3 is 0 Å². The fourth-order valence-corrected chi connectivity index (χ4v) is 0.773. The number of ether oxygens (including phenoxy) is 1. The molecule has 0 saturated carbocycles. The molecule has 12 heavy (non-hydrogen) atoms. The summed E-state index contributed by atoms with van der Waals surface area (Å²) in [6.45, 7) is 7.42. The maximum Gasteiger partial charge on any atom is 0.105 e. The first-order chi connectivity index (χ1) is 5.70. The van der Waals surface area contributed by atoms with Gasteiger partial charge in [-0.3, -0.25) is 5.32 Å². The SMILES string of the molecule is CCOC(C)NC/C=C(/C)CO. The van der Waals surface area contributed by atoms with Gasteiger partial charge in [0.25, 0.3) is 0 Å². The van der Waals surface area contributed by atoms with Crippen LogP contribution in [-0.2, 0) is 4.74 Å². The van der Waals surface area contributed by atoms with Gasteiger partial charge in [0.1, 0.15) is 6.23 Å². The largest absolute Gasteiger partial charge is 0.392 e. The van der Waals surface area contributed by atoms with E-state index >= 15 is 0 Å². The Kier molecular flexibility index (Phi) is 7.05. The molecule has 0 aliphatic carbocycles. The van der Waals surface area contributed by atoms with Crippen LogP contribution >= 0.6 is 0 Å². The summed E-state index contributed by atoms with van der Waals surface area (Å²) in [5.41, 5.74) is 0.978. The van der Waals surface area contributed by atoms with E-state index in [0.717, 1.165) is 18.7 Å². The minimum absolute atomic E-state index is 0.0812. The van der Waals surface area contributed by atoms with Gasteiger partial charge in [0.15, 0.2) is 0 Å². The number of hydrogen-bond donors (Lipinski definition) is 2. The standard InChI is InChI=1S/C9H19NO2/c1-4-12-9(3)10-6-5-8(2)7-11/h5,9-11H,4,6-7H2,1-3H3/b8-5-. The molecule has 0 aliphatic heterocycles. The molecule has 0 aromatic heterocycles. The highest BCUT2D eigenvalue weighted by Crippen LogP contribution is 1.89. The van der Waals surface area contributed by atoms with Crippen LogP contribution in [0.25, 0.3) is 0 Å². The summed E-state index contributed by atoms with van der Waals surface area (Å²) in [4.78, 5) is 0. The van der Waals surface area contributed by atoms with Crippen molar-refractivity contribution in [3.8, 4) is 0 Å². The lowest BCUT2D eigenvalue weighted by Gasteiger charge is -2.11. The molecule has 0 aromatic carbocycles. The summed E-state index contributed by atoms with van der Waals surface area (Å²) in [5, 5.41) is 11.8. The van der Waals surface area contributed by atoms with Gasteiger partial charge in [-0.15, -0.1) is 0 Å². The van der Waals surface area contributed by atoms with E-state index in [0.29, 0.717) is 0 Å². The highest BCUT2D eigenvalue weighted by molar-refractivity contribution is 4.98. The Morgan fingerprint density at radius 3 is 2.83 bits per heavy atom. The van der Waals surface area contributed by atoms with Crippen molar-refractivity contribution in [2.45, 2.75) is 27.0 Å². The van der Waals surface area contributed by atoms with Crippen molar-refractivity contribution >= 4 is 0 Å². The van der Waals surface area contributed by atoms with Crippen LogP contribution in [0.4, 0.5) is 0 Å². The van der Waals surface area contributed by atoms with Crippen molar-refractivity contribution in [3.63, 3.8) is 0 Å². The molecular formula is C9H19NO2. The van der Waals surface area contributed by atoms with Gasteiger partial charge in [0.2, 0.25) is 0 Å². The molecule has 0 amide bonds. The van der Waals surface area contributed by atoms with Gasteiger partial charge < -0.3 is 9.84 Å². The lowest BCUT2D eigenvalue weighted by atomic mass is 10.3. The van der Waals surface area contributed by atoms with Crippen molar-refractivity contribution in [3.05, 3.63) is 11.6 Å². The summed E-state index contributed by atoms with van der Waals surface area (Å²) in [5.74, 6) is 0. The number of aliphatic hydroxyl groups excluding tert-OH is 1. The van der Waals surface area contributed by atoms with E-state index in [4.69, 9.17) is 9.84 Å². The first kappa shape index (κ1) is 11.6. The highest BCUT2D eigenvalue weighted by Gasteiger charge is 1.95. The molecule has 3 nitrogen and oxygen atoms in total. The molecule has 1 atom stereocenters. The second-order valence-corrected chi connectivity index (χ2v) is 2.71. The van der Waals surface area contributed by atoms with Crippen LogP contribution in [0, 0.1) is 0 Å². The van der Waals surface area contributed by atoms with Gasteiger partial charge in [-0.2, -0.15) is 0 Å². The van der Waals surface area contributed by atoms with Crippen LogP contribution in [0.3, 0.4) is 0 Å². The number of rotatable bonds is 6. The molecule has 0 heterocycles. The molecule has 0 spiro atoms. The fourth-order valence-electron chi connectivity index (χ4n) is 0.773. The normalized spacial score (nSPS) is 14.8. The van der Waals surface area contributed by atoms with Crippen molar-refractivity contribution in [1.82, 2.24) is 5.32 Å². The highest BCUT2D eigenvalue weighted by atomic mass is 16.5. The third-order valence-corrected chi connectivity index (χ3v) is 1.52. The van der Waals surface area contributed by atoms with Crippen LogP contribution in [0.5, 0.6) is 0 Å². The second kappa shape index (κ2) is 7.28. The predicted molar refractivity (Wildman–Crippen MR) is 49.9 cm³/mol. The average Bonchev–Trinajstić information content (AvgIpc) is 2.04. The Labute approximate surface area is 74.4 Å². The zero-order valence-corrected chi connectivity index (χ0v) is 8.13. The van der Waals surface area contributed by atoms with E-state index in [1.165, 1.54) is 0 Å². The summed E-state index contributed by atoms with van der Waals surface area (Å²) < 4.78 is 5.25. The molecule has 0 rings (SSSR count). The smallest absolute Gasteiger partial charge is 0.105 e. The lowest BCUT2D eigenvalue weighted by molar-refractivity contribution is 0.0546. The van der Waals surface area contributed by atoms with Crippen LogP contribution < -0.4 is 5.32 Å². The van der Waals surface area contributed by atoms with E-state index in [1.54, 1.807) is 0 Å². The van der Waals surface area contributed by atoms with Gasteiger partial charge in [-0.1, -0.05) is 11.6 Å². The van der Waals surface area contributed by atoms with Crippen molar-refractivity contribution in [1.29, 1.82) is 0 Å². The molecule has 2 N–H and O–H groups in total. The fraction of sp³-hybridized carbons (Fsp3) is 0.778. The third kappa shape index (κ3) is 6.34. The maximum atomic E-state index is 8.68. The first-order valence-electron chi connectivity index (χ1n) is 4.32. The average molecular weight is 173 g/mol. The molecule has 3 heteroatoms. The zero-order valence-electron chi connectivity index (χ0n) is 8.13. The number of aliphatic hydroxyl groups is 1. The summed E-state index contributed by atoms with van der Waals surface area (Å²) in [7, 11) is 0. The van der Waals surface area contributed by atoms with Gasteiger partial charge in [0.05, 0.1) is 6.61 Å². The minimum Gasteiger partial charge on any atom is -0.392 e. The van der Waals surface area contributed by atoms with E-state index in [2.05, 4.69) is 5.32 Å². The Morgan fingerprint density at radius 1 is 1.67 bits per heavy atom. The Bertz CT molecular complexity index is 134. The van der Waals surface area contributed by atoms with Gasteiger partial charge in [0, 0.05) is 13.2 Å². The monoisotopic (exact) mass is 173 g/mol. The molecule has 0 bridgehead atoms. The Balaban J connectivity index is 3.41. The summed E-state index contributed by atoms with van der Waals surface area (Å²) >= 11 is 0. The van der Waals surface area contributed by atoms with Crippen molar-refractivity contribution < 1.29 is 9.84 Å². The maximum absolute atomic E-state index is 8.68. The molecule has 0 saturated heterocycles. The second-order valence-electron chi connectivity index (χ2n) is 2.71.